The molecule has 0 aromatic heterocycles. The molecule has 1 N–H and O–H groups in total. The van der Waals surface area contributed by atoms with Gasteiger partial charge in [0.25, 0.3) is 6.43 Å². The van der Waals surface area contributed by atoms with E-state index in [0.29, 0.717) is 0 Å². The number of alkyl halides is 2. The van der Waals surface area contributed by atoms with Crippen LogP contribution >= 0.6 is 0 Å². The maximum Gasteiger partial charge on any atom is 0.251 e. The molecule has 114 valence electrons. The van der Waals surface area contributed by atoms with Gasteiger partial charge in [-0.05, 0) is 12.1 Å². The number of ether oxygens (including phenoxy) is 1. The van der Waals surface area contributed by atoms with Crippen molar-refractivity contribution in [3.63, 3.8) is 0 Å². The largest absolute Gasteiger partial charge is 0.387 e. The number of aliphatic hydroxyl groups excluding tert-OH is 1. The molecule has 0 spiro atoms. The highest BCUT2D eigenvalue weighted by Gasteiger charge is 2.22. The van der Waals surface area contributed by atoms with E-state index in [-0.39, 0.29) is 19.7 Å². The van der Waals surface area contributed by atoms with Gasteiger partial charge >= 0.3 is 0 Å². The van der Waals surface area contributed by atoms with Gasteiger partial charge in [0.15, 0.2) is 0 Å². The summed E-state index contributed by atoms with van der Waals surface area (Å²) < 4.78 is 56.5. The number of aliphatic hydroxyl groups is 1. The van der Waals surface area contributed by atoms with Gasteiger partial charge in [0.05, 0.1) is 24.8 Å². The van der Waals surface area contributed by atoms with Crippen LogP contribution in [-0.4, -0.2) is 49.8 Å². The van der Waals surface area contributed by atoms with Crippen molar-refractivity contribution in [1.82, 2.24) is 4.90 Å². The Labute approximate surface area is 114 Å². The minimum Gasteiger partial charge on any atom is -0.387 e. The zero-order valence-corrected chi connectivity index (χ0v) is 11.0. The highest BCUT2D eigenvalue weighted by atomic mass is 19.3. The molecule has 0 radical (unpaired) electrons. The van der Waals surface area contributed by atoms with Crippen molar-refractivity contribution in [1.29, 1.82) is 0 Å². The van der Waals surface area contributed by atoms with E-state index in [1.165, 1.54) is 18.1 Å². The third-order valence-corrected chi connectivity index (χ3v) is 2.77. The Bertz CT molecular complexity index is 397. The predicted octanol–water partition coefficient (Wildman–Crippen LogP) is 2.21. The minimum absolute atomic E-state index is 0.133. The maximum absolute atomic E-state index is 13.5. The van der Waals surface area contributed by atoms with Gasteiger partial charge < -0.3 is 9.84 Å². The number of hydrogen-bond acceptors (Lipinski definition) is 3. The predicted molar refractivity (Wildman–Crippen MR) is 65.6 cm³/mol. The Kier molecular flexibility index (Phi) is 6.90. The van der Waals surface area contributed by atoms with Crippen molar-refractivity contribution in [3.05, 3.63) is 35.4 Å². The van der Waals surface area contributed by atoms with E-state index in [2.05, 4.69) is 0 Å². The van der Waals surface area contributed by atoms with Crippen LogP contribution in [0.15, 0.2) is 18.2 Å². The molecule has 1 aromatic rings. The van der Waals surface area contributed by atoms with Gasteiger partial charge in [0.2, 0.25) is 0 Å². The Balaban J connectivity index is 2.76. The van der Waals surface area contributed by atoms with Crippen molar-refractivity contribution >= 4 is 0 Å². The van der Waals surface area contributed by atoms with Gasteiger partial charge in [-0.2, -0.15) is 0 Å². The van der Waals surface area contributed by atoms with E-state index in [9.17, 15) is 22.7 Å². The van der Waals surface area contributed by atoms with Crippen LogP contribution in [0, 0.1) is 11.6 Å². The van der Waals surface area contributed by atoms with Crippen LogP contribution in [0.2, 0.25) is 0 Å². The van der Waals surface area contributed by atoms with E-state index in [4.69, 9.17) is 4.74 Å². The lowest BCUT2D eigenvalue weighted by Crippen LogP contribution is -2.35. The molecule has 3 nitrogen and oxygen atoms in total. The van der Waals surface area contributed by atoms with Crippen molar-refractivity contribution in [3.8, 4) is 0 Å². The van der Waals surface area contributed by atoms with Gasteiger partial charge in [-0.1, -0.05) is 6.07 Å². The smallest absolute Gasteiger partial charge is 0.251 e. The lowest BCUT2D eigenvalue weighted by molar-refractivity contribution is 0.0387. The first-order chi connectivity index (χ1) is 9.45. The van der Waals surface area contributed by atoms with Crippen molar-refractivity contribution in [2.75, 3.05) is 33.4 Å². The molecule has 0 bridgehead atoms. The summed E-state index contributed by atoms with van der Waals surface area (Å²) in [6.07, 6.45) is -4.13. The Morgan fingerprint density at radius 2 is 1.80 bits per heavy atom. The second-order valence-corrected chi connectivity index (χ2v) is 4.29. The normalized spacial score (nSPS) is 13.2. The molecule has 1 rings (SSSR count). The molecule has 0 saturated heterocycles. The molecule has 0 saturated carbocycles. The molecular formula is C13H17F4NO2. The molecule has 0 aliphatic carbocycles. The van der Waals surface area contributed by atoms with Crippen molar-refractivity contribution in [2.45, 2.75) is 12.5 Å². The summed E-state index contributed by atoms with van der Waals surface area (Å²) in [5.41, 5.74) is -0.510. The van der Waals surface area contributed by atoms with Gasteiger partial charge in [0.1, 0.15) is 11.6 Å². The van der Waals surface area contributed by atoms with E-state index >= 15 is 0 Å². The van der Waals surface area contributed by atoms with Gasteiger partial charge in [-0.3, -0.25) is 4.90 Å². The first kappa shape index (κ1) is 16.9. The lowest BCUT2D eigenvalue weighted by Gasteiger charge is -2.24. The highest BCUT2D eigenvalue weighted by molar-refractivity contribution is 5.22. The van der Waals surface area contributed by atoms with Crippen molar-refractivity contribution in [2.24, 2.45) is 0 Å². The molecule has 0 heterocycles. The van der Waals surface area contributed by atoms with Gasteiger partial charge in [-0.25, -0.2) is 17.6 Å². The Hall–Kier alpha value is -1.18. The summed E-state index contributed by atoms with van der Waals surface area (Å²) in [5, 5.41) is 9.86. The lowest BCUT2D eigenvalue weighted by atomic mass is 10.1. The van der Waals surface area contributed by atoms with E-state index in [0.717, 1.165) is 12.1 Å². The van der Waals surface area contributed by atoms with Crippen LogP contribution in [0.25, 0.3) is 0 Å². The number of rotatable bonds is 8. The van der Waals surface area contributed by atoms with Crippen molar-refractivity contribution < 1.29 is 27.4 Å². The summed E-state index contributed by atoms with van der Waals surface area (Å²) in [6.45, 7) is -0.588. The number of nitrogens with zero attached hydrogens (tertiary/aromatic N) is 1. The molecule has 0 aliphatic rings. The zero-order valence-electron chi connectivity index (χ0n) is 11.0. The Morgan fingerprint density at radius 1 is 1.20 bits per heavy atom. The molecule has 1 unspecified atom stereocenters. The average molecular weight is 295 g/mol. The zero-order chi connectivity index (χ0) is 15.1. The summed E-state index contributed by atoms with van der Waals surface area (Å²) in [4.78, 5) is 1.20. The molecule has 1 atom stereocenters. The number of methoxy groups -OCH3 is 1. The first-order valence-corrected chi connectivity index (χ1v) is 6.07. The summed E-state index contributed by atoms with van der Waals surface area (Å²) in [7, 11) is 1.41. The minimum atomic E-state index is -2.61. The summed E-state index contributed by atoms with van der Waals surface area (Å²) in [5.74, 6) is -1.80. The van der Waals surface area contributed by atoms with Gasteiger partial charge in [-0.15, -0.1) is 0 Å². The van der Waals surface area contributed by atoms with Crippen LogP contribution in [0.1, 0.15) is 11.7 Å². The average Bonchev–Trinajstić information content (AvgIpc) is 2.35. The highest BCUT2D eigenvalue weighted by Crippen LogP contribution is 2.21. The van der Waals surface area contributed by atoms with E-state index < -0.39 is 36.3 Å². The third kappa shape index (κ3) is 5.07. The molecule has 1 aromatic carbocycles. The standard InChI is InChI=1S/C13H17F4NO2/c1-20-6-5-18(8-12(16)17)7-11(19)13-9(14)3-2-4-10(13)15/h2-4,11-12,19H,5-8H2,1H3. The van der Waals surface area contributed by atoms with Crippen LogP contribution in [-0.2, 0) is 4.74 Å². The Morgan fingerprint density at radius 3 is 2.30 bits per heavy atom. The second kappa shape index (κ2) is 8.18. The fraction of sp³-hybridized carbons (Fsp3) is 0.538. The number of benzene rings is 1. The number of halogens is 4. The first-order valence-electron chi connectivity index (χ1n) is 6.07. The third-order valence-electron chi connectivity index (χ3n) is 2.77. The fourth-order valence-corrected chi connectivity index (χ4v) is 1.84. The van der Waals surface area contributed by atoms with Gasteiger partial charge in [0, 0.05) is 20.2 Å². The van der Waals surface area contributed by atoms with Crippen LogP contribution in [0.5, 0.6) is 0 Å². The molecule has 0 fully saturated rings. The maximum atomic E-state index is 13.5. The number of hydrogen-bond donors (Lipinski definition) is 1. The van der Waals surface area contributed by atoms with Crippen LogP contribution in [0.4, 0.5) is 17.6 Å². The van der Waals surface area contributed by atoms with Crippen LogP contribution < -0.4 is 0 Å². The van der Waals surface area contributed by atoms with E-state index in [1.54, 1.807) is 0 Å². The molecule has 20 heavy (non-hydrogen) atoms. The van der Waals surface area contributed by atoms with Crippen LogP contribution in [0.3, 0.4) is 0 Å². The summed E-state index contributed by atoms with van der Waals surface area (Å²) in [6, 6.07) is 3.19. The topological polar surface area (TPSA) is 32.7 Å². The fourth-order valence-electron chi connectivity index (χ4n) is 1.84. The molecule has 0 amide bonds. The quantitative estimate of drug-likeness (QED) is 0.746. The molecule has 7 heteroatoms. The second-order valence-electron chi connectivity index (χ2n) is 4.29. The monoisotopic (exact) mass is 295 g/mol. The molecule has 0 aliphatic heterocycles. The SMILES string of the molecule is COCCN(CC(F)F)CC(O)c1c(F)cccc1F. The molecular weight excluding hydrogens is 278 g/mol. The summed E-state index contributed by atoms with van der Waals surface area (Å²) >= 11 is 0. The van der Waals surface area contributed by atoms with E-state index in [1.807, 2.05) is 0 Å².